The Kier molecular flexibility index (Phi) is 8.64. The lowest BCUT2D eigenvalue weighted by atomic mass is 10.1. The number of nitrogens with zero attached hydrogens (tertiary/aromatic N) is 1. The Morgan fingerprint density at radius 3 is 2.71 bits per heavy atom. The smallest absolute Gasteiger partial charge is 0.329 e. The number of hydrogen-bond donors (Lipinski definition) is 3. The minimum absolute atomic E-state index is 0.266. The van der Waals surface area contributed by atoms with Gasteiger partial charge in [0.15, 0.2) is 0 Å². The van der Waals surface area contributed by atoms with Crippen LogP contribution in [-0.2, 0) is 9.63 Å². The molecule has 0 aliphatic rings. The third-order valence-electron chi connectivity index (χ3n) is 3.27. The van der Waals surface area contributed by atoms with Gasteiger partial charge in [-0.1, -0.05) is 38.3 Å². The van der Waals surface area contributed by atoms with Crippen LogP contribution in [0.5, 0.6) is 5.75 Å². The zero-order valence-corrected chi connectivity index (χ0v) is 14.8. The molecule has 0 atom stereocenters. The molecule has 8 heteroatoms. The van der Waals surface area contributed by atoms with Crippen LogP contribution in [0, 0.1) is 11.3 Å². The quantitative estimate of drug-likeness (QED) is 0.397. The Balaban J connectivity index is 2.53. The summed E-state index contributed by atoms with van der Waals surface area (Å²) >= 11 is 6.21. The van der Waals surface area contributed by atoms with Gasteiger partial charge in [-0.05, 0) is 29.7 Å². The van der Waals surface area contributed by atoms with Crippen LogP contribution in [0.2, 0.25) is 5.02 Å². The first-order valence-corrected chi connectivity index (χ1v) is 8.07. The van der Waals surface area contributed by atoms with Crippen molar-refractivity contribution in [1.29, 1.82) is 5.41 Å². The van der Waals surface area contributed by atoms with E-state index in [1.165, 1.54) is 13.1 Å². The molecule has 0 bridgehead atoms. The summed E-state index contributed by atoms with van der Waals surface area (Å²) in [4.78, 5) is 15.0. The van der Waals surface area contributed by atoms with E-state index in [2.05, 4.69) is 34.7 Å². The predicted molar refractivity (Wildman–Crippen MR) is 94.4 cm³/mol. The number of carbonyl (C=O) groups is 1. The van der Waals surface area contributed by atoms with Gasteiger partial charge in [-0.15, -0.1) is 0 Å². The van der Waals surface area contributed by atoms with E-state index in [4.69, 9.17) is 21.7 Å². The van der Waals surface area contributed by atoms with Gasteiger partial charge in [0, 0.05) is 6.92 Å². The Morgan fingerprint density at radius 2 is 2.12 bits per heavy atom. The molecule has 24 heavy (non-hydrogen) atoms. The average molecular weight is 355 g/mol. The fourth-order valence-corrected chi connectivity index (χ4v) is 2.01. The molecule has 0 amide bonds. The fraction of sp³-hybridized carbons (Fsp3) is 0.438. The van der Waals surface area contributed by atoms with E-state index in [9.17, 15) is 4.79 Å². The van der Waals surface area contributed by atoms with Crippen molar-refractivity contribution < 1.29 is 14.4 Å². The topological polar surface area (TPSA) is 95.8 Å². The highest BCUT2D eigenvalue weighted by Crippen LogP contribution is 2.26. The van der Waals surface area contributed by atoms with Gasteiger partial charge in [0.05, 0.1) is 17.8 Å². The van der Waals surface area contributed by atoms with E-state index in [-0.39, 0.29) is 5.96 Å². The minimum Gasteiger partial charge on any atom is -0.492 e. The molecule has 0 aromatic heterocycles. The van der Waals surface area contributed by atoms with Crippen LogP contribution in [-0.4, -0.2) is 24.8 Å². The van der Waals surface area contributed by atoms with E-state index in [0.29, 0.717) is 23.3 Å². The first-order valence-electron chi connectivity index (χ1n) is 7.69. The molecule has 1 rings (SSSR count). The van der Waals surface area contributed by atoms with Gasteiger partial charge in [0.1, 0.15) is 5.75 Å². The van der Waals surface area contributed by atoms with Crippen LogP contribution < -0.4 is 15.6 Å². The van der Waals surface area contributed by atoms with Crippen LogP contribution in [0.1, 0.15) is 39.2 Å². The molecule has 0 spiro atoms. The van der Waals surface area contributed by atoms with Gasteiger partial charge in [-0.3, -0.25) is 10.2 Å². The fourth-order valence-electron chi connectivity index (χ4n) is 1.76. The maximum Gasteiger partial charge on any atom is 0.329 e. The van der Waals surface area contributed by atoms with Crippen molar-refractivity contribution in [2.75, 3.05) is 6.61 Å². The number of benzene rings is 1. The Hall–Kier alpha value is -2.28. The third-order valence-corrected chi connectivity index (χ3v) is 3.57. The van der Waals surface area contributed by atoms with Gasteiger partial charge in [-0.25, -0.2) is 5.43 Å². The second-order valence-electron chi connectivity index (χ2n) is 5.12. The normalized spacial score (nSPS) is 10.7. The van der Waals surface area contributed by atoms with Gasteiger partial charge in [-0.2, -0.15) is 10.6 Å². The largest absolute Gasteiger partial charge is 0.492 e. The molecule has 0 unspecified atom stereocenters. The summed E-state index contributed by atoms with van der Waals surface area (Å²) in [5.41, 5.74) is 5.19. The van der Waals surface area contributed by atoms with Crippen molar-refractivity contribution in [3.8, 4) is 5.75 Å². The molecule has 1 aromatic carbocycles. The average Bonchev–Trinajstić information content (AvgIpc) is 2.55. The summed E-state index contributed by atoms with van der Waals surface area (Å²) in [6.07, 6.45) is 3.62. The number of ether oxygens (including phenoxy) is 1. The molecule has 3 N–H and O–H groups in total. The van der Waals surface area contributed by atoms with Crippen LogP contribution in [0.15, 0.2) is 23.3 Å². The van der Waals surface area contributed by atoms with Crippen LogP contribution in [0.25, 0.3) is 0 Å². The Morgan fingerprint density at radius 1 is 1.42 bits per heavy atom. The molecule has 0 saturated carbocycles. The number of nitrogens with one attached hydrogen (secondary N) is 3. The number of halogens is 1. The summed E-state index contributed by atoms with van der Waals surface area (Å²) in [7, 11) is 0. The highest BCUT2D eigenvalue weighted by molar-refractivity contribution is 6.32. The van der Waals surface area contributed by atoms with E-state index < -0.39 is 5.97 Å². The lowest BCUT2D eigenvalue weighted by molar-refractivity contribution is -0.145. The van der Waals surface area contributed by atoms with E-state index in [0.717, 1.165) is 18.4 Å². The van der Waals surface area contributed by atoms with Crippen LogP contribution in [0.3, 0.4) is 0 Å². The highest BCUT2D eigenvalue weighted by atomic mass is 35.5. The second kappa shape index (κ2) is 10.5. The first-order chi connectivity index (χ1) is 11.5. The maximum absolute atomic E-state index is 10.6. The Labute approximate surface area is 146 Å². The molecule has 0 heterocycles. The zero-order valence-electron chi connectivity index (χ0n) is 14.1. The van der Waals surface area contributed by atoms with Crippen LogP contribution in [0.4, 0.5) is 0 Å². The number of hydrazone groups is 1. The molecule has 132 valence electrons. The van der Waals surface area contributed by atoms with E-state index >= 15 is 0 Å². The monoisotopic (exact) mass is 354 g/mol. The van der Waals surface area contributed by atoms with Gasteiger partial charge in [0.2, 0.25) is 5.96 Å². The molecule has 0 radical (unpaired) electrons. The lowest BCUT2D eigenvalue weighted by Crippen LogP contribution is -2.34. The molecule has 1 aromatic rings. The maximum atomic E-state index is 10.6. The zero-order chi connectivity index (χ0) is 17.9. The molecule has 0 aliphatic heterocycles. The summed E-state index contributed by atoms with van der Waals surface area (Å²) in [6, 6.07) is 5.31. The molecule has 0 fully saturated rings. The van der Waals surface area contributed by atoms with E-state index in [1.807, 2.05) is 6.07 Å². The van der Waals surface area contributed by atoms with Crippen molar-refractivity contribution in [3.63, 3.8) is 0 Å². The molecular weight excluding hydrogens is 332 g/mol. The molecular formula is C16H23ClN4O3. The first kappa shape index (κ1) is 19.8. The summed E-state index contributed by atoms with van der Waals surface area (Å²) in [5.74, 6) is 0.333. The number of carbonyl (C=O) groups excluding carboxylic acids is 1. The number of guanidine groups is 1. The van der Waals surface area contributed by atoms with Gasteiger partial charge >= 0.3 is 5.97 Å². The lowest BCUT2D eigenvalue weighted by Gasteiger charge is -2.14. The SMILES string of the molecule is CCC(CC)COc1ccc(C=NNC(=N)NOC(C)=O)cc1Cl. The van der Waals surface area contributed by atoms with Crippen LogP contribution >= 0.6 is 11.6 Å². The highest BCUT2D eigenvalue weighted by Gasteiger charge is 2.07. The molecule has 0 saturated heterocycles. The van der Waals surface area contributed by atoms with Crippen molar-refractivity contribution in [2.45, 2.75) is 33.6 Å². The Bertz CT molecular complexity index is 589. The minimum atomic E-state index is -0.554. The van der Waals surface area contributed by atoms with Gasteiger partial charge in [0.25, 0.3) is 0 Å². The van der Waals surface area contributed by atoms with E-state index in [1.54, 1.807) is 12.1 Å². The summed E-state index contributed by atoms with van der Waals surface area (Å²) in [5, 5.41) is 11.7. The predicted octanol–water partition coefficient (Wildman–Crippen LogP) is 3.08. The van der Waals surface area contributed by atoms with Crippen molar-refractivity contribution in [1.82, 2.24) is 10.9 Å². The van der Waals surface area contributed by atoms with Crippen molar-refractivity contribution in [3.05, 3.63) is 28.8 Å². The number of hydroxylamine groups is 1. The van der Waals surface area contributed by atoms with Crippen molar-refractivity contribution >= 4 is 29.7 Å². The number of rotatable bonds is 7. The summed E-state index contributed by atoms with van der Waals surface area (Å²) < 4.78 is 5.75. The second-order valence-corrected chi connectivity index (χ2v) is 5.53. The number of hydrogen-bond acceptors (Lipinski definition) is 5. The molecule has 0 aliphatic carbocycles. The molecule has 7 nitrogen and oxygen atoms in total. The summed E-state index contributed by atoms with van der Waals surface area (Å²) in [6.45, 7) is 6.14. The van der Waals surface area contributed by atoms with Gasteiger partial charge < -0.3 is 9.57 Å². The third kappa shape index (κ3) is 7.32. The standard InChI is InChI=1S/C16H23ClN4O3/c1-4-12(5-2)10-23-15-7-6-13(8-14(15)17)9-19-20-16(18)21-24-11(3)22/h6-9,12H,4-5,10H2,1-3H3,(H3,18,20,21). The van der Waals surface area contributed by atoms with Crippen molar-refractivity contribution in [2.24, 2.45) is 11.0 Å².